The molecule has 0 saturated carbocycles. The fraction of sp³-hybridized carbons (Fsp3) is 0.154. The van der Waals surface area contributed by atoms with E-state index in [0.29, 0.717) is 6.07 Å². The molecule has 0 unspecified atom stereocenters. The van der Waals surface area contributed by atoms with Crippen molar-refractivity contribution < 1.29 is 31.1 Å². The van der Waals surface area contributed by atoms with Crippen molar-refractivity contribution in [1.29, 1.82) is 0 Å². The van der Waals surface area contributed by atoms with Gasteiger partial charge < -0.3 is 10.1 Å². The highest BCUT2D eigenvalue weighted by atomic mass is 19.2. The fourth-order valence-corrected chi connectivity index (χ4v) is 1.57. The number of aromatic nitrogens is 1. The standard InChI is InChI=1S/C13H8F6N2O/c14-6-1-2-8(7(15)5-6)22-4-3-20-11-9(16)12(18)21-13(19)10(11)17/h1-2,5H,3-4H2,(H,20,21). The molecule has 118 valence electrons. The van der Waals surface area contributed by atoms with Crippen molar-refractivity contribution >= 4 is 5.69 Å². The summed E-state index contributed by atoms with van der Waals surface area (Å²) in [4.78, 5) is 2.39. The van der Waals surface area contributed by atoms with Crippen molar-refractivity contribution in [2.45, 2.75) is 0 Å². The number of anilines is 1. The summed E-state index contributed by atoms with van der Waals surface area (Å²) in [6.07, 6.45) is 0. The minimum absolute atomic E-state index is 0.281. The topological polar surface area (TPSA) is 34.1 Å². The molecule has 2 rings (SSSR count). The normalized spacial score (nSPS) is 10.6. The molecule has 0 spiro atoms. The predicted octanol–water partition coefficient (Wildman–Crippen LogP) is 3.41. The van der Waals surface area contributed by atoms with Crippen molar-refractivity contribution in [2.24, 2.45) is 0 Å². The molecule has 0 aliphatic carbocycles. The molecule has 0 fully saturated rings. The number of halogens is 6. The minimum atomic E-state index is -1.80. The lowest BCUT2D eigenvalue weighted by molar-refractivity contribution is 0.313. The predicted molar refractivity (Wildman–Crippen MR) is 64.4 cm³/mol. The lowest BCUT2D eigenvalue weighted by Gasteiger charge is -2.11. The maximum absolute atomic E-state index is 13.3. The third-order valence-electron chi connectivity index (χ3n) is 2.55. The molecular weight excluding hydrogens is 314 g/mol. The van der Waals surface area contributed by atoms with Crippen LogP contribution in [-0.4, -0.2) is 18.1 Å². The van der Waals surface area contributed by atoms with Gasteiger partial charge >= 0.3 is 0 Å². The first-order chi connectivity index (χ1) is 10.4. The van der Waals surface area contributed by atoms with Crippen LogP contribution in [0.1, 0.15) is 0 Å². The van der Waals surface area contributed by atoms with Crippen molar-refractivity contribution in [2.75, 3.05) is 18.5 Å². The Hall–Kier alpha value is -2.45. The van der Waals surface area contributed by atoms with Gasteiger partial charge in [0.1, 0.15) is 18.1 Å². The van der Waals surface area contributed by atoms with E-state index in [1.165, 1.54) is 0 Å². The number of hydrogen-bond acceptors (Lipinski definition) is 3. The summed E-state index contributed by atoms with van der Waals surface area (Å²) in [5.41, 5.74) is -1.05. The summed E-state index contributed by atoms with van der Waals surface area (Å²) in [6, 6.07) is 2.58. The van der Waals surface area contributed by atoms with Crippen LogP contribution in [-0.2, 0) is 0 Å². The third kappa shape index (κ3) is 3.41. The maximum Gasteiger partial charge on any atom is 0.253 e. The molecule has 1 heterocycles. The lowest BCUT2D eigenvalue weighted by atomic mass is 10.3. The van der Waals surface area contributed by atoms with Crippen LogP contribution in [0.3, 0.4) is 0 Å². The van der Waals surface area contributed by atoms with E-state index in [2.05, 4.69) is 10.3 Å². The molecule has 0 bridgehead atoms. The van der Waals surface area contributed by atoms with Crippen molar-refractivity contribution in [3.63, 3.8) is 0 Å². The Kier molecular flexibility index (Phi) is 4.74. The van der Waals surface area contributed by atoms with Gasteiger partial charge in [-0.3, -0.25) is 0 Å². The zero-order chi connectivity index (χ0) is 16.3. The van der Waals surface area contributed by atoms with Crippen LogP contribution in [0.2, 0.25) is 0 Å². The van der Waals surface area contributed by atoms with Gasteiger partial charge in [0.15, 0.2) is 11.6 Å². The monoisotopic (exact) mass is 322 g/mol. The molecule has 0 amide bonds. The smallest absolute Gasteiger partial charge is 0.253 e. The number of rotatable bonds is 5. The van der Waals surface area contributed by atoms with E-state index in [9.17, 15) is 26.3 Å². The highest BCUT2D eigenvalue weighted by molar-refractivity contribution is 5.45. The Bertz CT molecular complexity index is 668. The van der Waals surface area contributed by atoms with E-state index >= 15 is 0 Å². The molecule has 0 aliphatic heterocycles. The second-order valence-electron chi connectivity index (χ2n) is 4.05. The number of hydrogen-bond donors (Lipinski definition) is 1. The minimum Gasteiger partial charge on any atom is -0.489 e. The molecule has 9 heteroatoms. The van der Waals surface area contributed by atoms with E-state index in [1.54, 1.807) is 0 Å². The van der Waals surface area contributed by atoms with Crippen LogP contribution in [0.15, 0.2) is 18.2 Å². The van der Waals surface area contributed by atoms with Crippen molar-refractivity contribution in [1.82, 2.24) is 4.98 Å². The molecule has 0 atom stereocenters. The zero-order valence-electron chi connectivity index (χ0n) is 10.8. The third-order valence-corrected chi connectivity index (χ3v) is 2.55. The highest BCUT2D eigenvalue weighted by Gasteiger charge is 2.20. The Morgan fingerprint density at radius 1 is 0.955 bits per heavy atom. The summed E-state index contributed by atoms with van der Waals surface area (Å²) < 4.78 is 83.0. The zero-order valence-corrected chi connectivity index (χ0v) is 10.8. The van der Waals surface area contributed by atoms with E-state index in [1.807, 2.05) is 0 Å². The van der Waals surface area contributed by atoms with E-state index < -0.39 is 40.9 Å². The fourth-order valence-electron chi connectivity index (χ4n) is 1.57. The average molecular weight is 322 g/mol. The van der Waals surface area contributed by atoms with Gasteiger partial charge in [0.05, 0.1) is 0 Å². The Morgan fingerprint density at radius 2 is 1.59 bits per heavy atom. The van der Waals surface area contributed by atoms with Gasteiger partial charge in [-0.15, -0.1) is 0 Å². The summed E-state index contributed by atoms with van der Waals surface area (Å²) in [6.45, 7) is -0.597. The number of benzene rings is 1. The molecule has 2 aromatic rings. The quantitative estimate of drug-likeness (QED) is 0.520. The van der Waals surface area contributed by atoms with Crippen LogP contribution in [0, 0.1) is 35.2 Å². The SMILES string of the molecule is Fc1ccc(OCCNc2c(F)c(F)nc(F)c2F)c(F)c1. The van der Waals surface area contributed by atoms with E-state index in [-0.39, 0.29) is 18.9 Å². The number of nitrogens with one attached hydrogen (secondary N) is 1. The van der Waals surface area contributed by atoms with Gasteiger partial charge in [-0.2, -0.15) is 22.5 Å². The maximum atomic E-state index is 13.3. The largest absolute Gasteiger partial charge is 0.489 e. The first kappa shape index (κ1) is 15.9. The molecule has 0 saturated heterocycles. The Morgan fingerprint density at radius 3 is 2.18 bits per heavy atom. The van der Waals surface area contributed by atoms with Crippen LogP contribution >= 0.6 is 0 Å². The van der Waals surface area contributed by atoms with E-state index in [0.717, 1.165) is 12.1 Å². The van der Waals surface area contributed by atoms with Gasteiger partial charge in [0, 0.05) is 12.6 Å². The van der Waals surface area contributed by atoms with Crippen LogP contribution in [0.25, 0.3) is 0 Å². The van der Waals surface area contributed by atoms with Crippen LogP contribution in [0.4, 0.5) is 32.0 Å². The van der Waals surface area contributed by atoms with Crippen LogP contribution < -0.4 is 10.1 Å². The summed E-state index contributed by atoms with van der Waals surface area (Å²) in [7, 11) is 0. The Balaban J connectivity index is 1.97. The molecule has 1 aromatic carbocycles. The van der Waals surface area contributed by atoms with Crippen LogP contribution in [0.5, 0.6) is 5.75 Å². The van der Waals surface area contributed by atoms with Gasteiger partial charge in [-0.05, 0) is 12.1 Å². The molecule has 1 N–H and O–H groups in total. The lowest BCUT2D eigenvalue weighted by Crippen LogP contribution is -2.16. The summed E-state index contributed by atoms with van der Waals surface area (Å²) >= 11 is 0. The van der Waals surface area contributed by atoms with Crippen molar-refractivity contribution in [3.05, 3.63) is 53.4 Å². The second-order valence-corrected chi connectivity index (χ2v) is 4.05. The molecular formula is C13H8F6N2O. The van der Waals surface area contributed by atoms with Gasteiger partial charge in [0.25, 0.3) is 11.9 Å². The number of pyridine rings is 1. The summed E-state index contributed by atoms with van der Waals surface area (Å²) in [5, 5.41) is 2.07. The molecule has 1 aromatic heterocycles. The summed E-state index contributed by atoms with van der Waals surface area (Å²) in [5.74, 6) is -9.01. The molecule has 3 nitrogen and oxygen atoms in total. The molecule has 0 radical (unpaired) electrons. The number of ether oxygens (including phenoxy) is 1. The van der Waals surface area contributed by atoms with Gasteiger partial charge in [-0.1, -0.05) is 0 Å². The molecule has 0 aliphatic rings. The first-order valence-electron chi connectivity index (χ1n) is 5.92. The Labute approximate surface area is 120 Å². The van der Waals surface area contributed by atoms with Crippen molar-refractivity contribution in [3.8, 4) is 5.75 Å². The molecule has 22 heavy (non-hydrogen) atoms. The van der Waals surface area contributed by atoms with Gasteiger partial charge in [-0.25, -0.2) is 8.78 Å². The van der Waals surface area contributed by atoms with Gasteiger partial charge in [0.2, 0.25) is 11.6 Å². The van der Waals surface area contributed by atoms with E-state index in [4.69, 9.17) is 4.74 Å². The average Bonchev–Trinajstić information content (AvgIpc) is 2.46. The number of nitrogens with zero attached hydrogens (tertiary/aromatic N) is 1. The highest BCUT2D eigenvalue weighted by Crippen LogP contribution is 2.22. The first-order valence-corrected chi connectivity index (χ1v) is 5.92. The second kappa shape index (κ2) is 6.54.